The molecule has 0 aliphatic carbocycles. The Labute approximate surface area is 273 Å². The van der Waals surface area contributed by atoms with Gasteiger partial charge < -0.3 is 24.1 Å². The van der Waals surface area contributed by atoms with Crippen molar-refractivity contribution in [3.63, 3.8) is 0 Å². The number of nitrogens with one attached hydrogen (secondary N) is 2. The fourth-order valence-electron chi connectivity index (χ4n) is 4.43. The number of amides is 2. The predicted octanol–water partition coefficient (Wildman–Crippen LogP) is 7.51. The maximum absolute atomic E-state index is 12.9. The molecule has 3 aromatic carbocycles. The number of carbonyl (C=O) groups is 3. The molecule has 0 aliphatic rings. The number of aryl methyl sites for hydroxylation is 1. The minimum atomic E-state index is -1.21. The summed E-state index contributed by atoms with van der Waals surface area (Å²) in [6.45, 7) is 7.33. The van der Waals surface area contributed by atoms with E-state index in [1.807, 2.05) is 31.2 Å². The average molecular weight is 688 g/mol. The third kappa shape index (κ3) is 8.07. The number of rotatable bonds is 9. The standard InChI is InChI=1S/C34H31BrN4O7/c1-19-5-8-21(9-6-19)27-15-16-28(44-27)30(40)37-26(32(41)42)18-20-7-14-24(25(35)17-20)29-38-31(46-39-29)22-10-12-23(13-11-22)36-33(43)45-34(2,3)4/h5-17,26H,18H2,1-4H3,(H,36,43)(H,37,40)(H,41,42). The lowest BCUT2D eigenvalue weighted by molar-refractivity contribution is -0.139. The zero-order valence-electron chi connectivity index (χ0n) is 25.5. The smallest absolute Gasteiger partial charge is 0.412 e. The largest absolute Gasteiger partial charge is 0.480 e. The third-order valence-electron chi connectivity index (χ3n) is 6.69. The van der Waals surface area contributed by atoms with Gasteiger partial charge in [0, 0.05) is 33.3 Å². The number of halogens is 1. The maximum atomic E-state index is 12.9. The van der Waals surface area contributed by atoms with Crippen molar-refractivity contribution in [1.82, 2.24) is 15.5 Å². The molecule has 2 aromatic heterocycles. The minimum Gasteiger partial charge on any atom is -0.480 e. The summed E-state index contributed by atoms with van der Waals surface area (Å²) in [5, 5.41) is 19.1. The van der Waals surface area contributed by atoms with Crippen LogP contribution in [0.2, 0.25) is 0 Å². The average Bonchev–Trinajstić information content (AvgIpc) is 3.68. The number of aliphatic carboxylic acids is 1. The van der Waals surface area contributed by atoms with Gasteiger partial charge in [0.15, 0.2) is 5.76 Å². The second kappa shape index (κ2) is 13.4. The van der Waals surface area contributed by atoms with Crippen molar-refractivity contribution in [2.45, 2.75) is 45.8 Å². The number of benzene rings is 3. The molecule has 12 heteroatoms. The second-order valence-corrected chi connectivity index (χ2v) is 12.4. The van der Waals surface area contributed by atoms with Gasteiger partial charge in [0.2, 0.25) is 5.82 Å². The topological polar surface area (TPSA) is 157 Å². The Morgan fingerprint density at radius 3 is 2.30 bits per heavy atom. The van der Waals surface area contributed by atoms with E-state index in [1.165, 1.54) is 6.07 Å². The number of hydrogen-bond acceptors (Lipinski definition) is 8. The molecule has 2 amide bonds. The van der Waals surface area contributed by atoms with Gasteiger partial charge in [0.1, 0.15) is 17.4 Å². The molecule has 0 fully saturated rings. The van der Waals surface area contributed by atoms with E-state index in [9.17, 15) is 19.5 Å². The van der Waals surface area contributed by atoms with Gasteiger partial charge in [-0.3, -0.25) is 10.1 Å². The second-order valence-electron chi connectivity index (χ2n) is 11.5. The van der Waals surface area contributed by atoms with Crippen molar-refractivity contribution >= 4 is 39.6 Å². The molecule has 0 spiro atoms. The molecule has 0 aliphatic heterocycles. The predicted molar refractivity (Wildman–Crippen MR) is 174 cm³/mol. The van der Waals surface area contributed by atoms with Crippen molar-refractivity contribution in [3.05, 3.63) is 100 Å². The molecule has 0 bridgehead atoms. The van der Waals surface area contributed by atoms with Crippen LogP contribution in [-0.2, 0) is 16.0 Å². The highest BCUT2D eigenvalue weighted by Gasteiger charge is 2.24. The van der Waals surface area contributed by atoms with Crippen LogP contribution < -0.4 is 10.6 Å². The number of carboxylic acid groups (broad SMARTS) is 1. The van der Waals surface area contributed by atoms with Crippen LogP contribution in [0.1, 0.15) is 42.5 Å². The Kier molecular flexibility index (Phi) is 9.38. The molecule has 5 rings (SSSR count). The fourth-order valence-corrected chi connectivity index (χ4v) is 5.04. The van der Waals surface area contributed by atoms with Gasteiger partial charge >= 0.3 is 12.1 Å². The molecule has 11 nitrogen and oxygen atoms in total. The number of furan rings is 1. The normalized spacial score (nSPS) is 11.9. The maximum Gasteiger partial charge on any atom is 0.412 e. The van der Waals surface area contributed by atoms with Crippen LogP contribution in [0.15, 0.2) is 92.3 Å². The molecule has 3 N–H and O–H groups in total. The summed E-state index contributed by atoms with van der Waals surface area (Å²) >= 11 is 3.52. The summed E-state index contributed by atoms with van der Waals surface area (Å²) in [6.07, 6.45) is -0.539. The summed E-state index contributed by atoms with van der Waals surface area (Å²) in [5.41, 5.74) is 3.75. The zero-order chi connectivity index (χ0) is 33.0. The van der Waals surface area contributed by atoms with Crippen LogP contribution in [0.25, 0.3) is 34.2 Å². The Morgan fingerprint density at radius 1 is 0.957 bits per heavy atom. The van der Waals surface area contributed by atoms with Gasteiger partial charge in [-0.15, -0.1) is 0 Å². The molecule has 1 unspecified atom stereocenters. The molecule has 0 saturated carbocycles. The number of nitrogens with zero attached hydrogens (tertiary/aromatic N) is 2. The summed E-state index contributed by atoms with van der Waals surface area (Å²) in [5.74, 6) is -0.710. The van der Waals surface area contributed by atoms with Crippen LogP contribution in [-0.4, -0.2) is 44.9 Å². The monoisotopic (exact) mass is 686 g/mol. The molecule has 5 aromatic rings. The molecule has 46 heavy (non-hydrogen) atoms. The van der Waals surface area contributed by atoms with E-state index in [0.717, 1.165) is 11.1 Å². The summed E-state index contributed by atoms with van der Waals surface area (Å²) in [4.78, 5) is 41.4. The van der Waals surface area contributed by atoms with E-state index < -0.39 is 29.6 Å². The first-order chi connectivity index (χ1) is 21.8. The van der Waals surface area contributed by atoms with E-state index in [4.69, 9.17) is 13.7 Å². The number of aromatic nitrogens is 2. The van der Waals surface area contributed by atoms with Crippen LogP contribution in [0.3, 0.4) is 0 Å². The van der Waals surface area contributed by atoms with Gasteiger partial charge in [-0.1, -0.05) is 57.0 Å². The Morgan fingerprint density at radius 2 is 1.65 bits per heavy atom. The lowest BCUT2D eigenvalue weighted by atomic mass is 10.0. The van der Waals surface area contributed by atoms with E-state index in [-0.39, 0.29) is 18.1 Å². The lowest BCUT2D eigenvalue weighted by Crippen LogP contribution is -2.42. The van der Waals surface area contributed by atoms with Gasteiger partial charge in [0.25, 0.3) is 11.8 Å². The van der Waals surface area contributed by atoms with E-state index in [0.29, 0.717) is 38.4 Å². The number of ether oxygens (including phenoxy) is 1. The Bertz CT molecular complexity index is 1870. The highest BCUT2D eigenvalue weighted by Crippen LogP contribution is 2.30. The molecule has 2 heterocycles. The van der Waals surface area contributed by atoms with Crippen LogP contribution in [0.5, 0.6) is 0 Å². The SMILES string of the molecule is Cc1ccc(-c2ccc(C(=O)NC(Cc3ccc(-c4noc(-c5ccc(NC(=O)OC(C)(C)C)cc5)n4)c(Br)c3)C(=O)O)o2)cc1. The molecule has 1 atom stereocenters. The van der Waals surface area contributed by atoms with Crippen molar-refractivity contribution < 1.29 is 33.2 Å². The Hall–Kier alpha value is -5.23. The van der Waals surface area contributed by atoms with Crippen molar-refractivity contribution in [2.24, 2.45) is 0 Å². The van der Waals surface area contributed by atoms with E-state index in [2.05, 4.69) is 36.7 Å². The van der Waals surface area contributed by atoms with Crippen LogP contribution in [0.4, 0.5) is 10.5 Å². The van der Waals surface area contributed by atoms with Crippen LogP contribution in [0, 0.1) is 6.92 Å². The number of anilines is 1. The third-order valence-corrected chi connectivity index (χ3v) is 7.34. The van der Waals surface area contributed by atoms with E-state index >= 15 is 0 Å². The highest BCUT2D eigenvalue weighted by atomic mass is 79.9. The first-order valence-electron chi connectivity index (χ1n) is 14.3. The fraction of sp³-hybridized carbons (Fsp3) is 0.206. The molecule has 0 radical (unpaired) electrons. The first-order valence-corrected chi connectivity index (χ1v) is 15.1. The van der Waals surface area contributed by atoms with Gasteiger partial charge in [0.05, 0.1) is 0 Å². The lowest BCUT2D eigenvalue weighted by Gasteiger charge is -2.19. The molecular weight excluding hydrogens is 656 g/mol. The number of carbonyl (C=O) groups excluding carboxylic acids is 2. The highest BCUT2D eigenvalue weighted by molar-refractivity contribution is 9.10. The van der Waals surface area contributed by atoms with Gasteiger partial charge in [-0.25, -0.2) is 9.59 Å². The molecular formula is C34H31BrN4O7. The van der Waals surface area contributed by atoms with Gasteiger partial charge in [-0.05, 0) is 81.8 Å². The molecule has 236 valence electrons. The number of carboxylic acids is 1. The number of hydrogen-bond donors (Lipinski definition) is 3. The van der Waals surface area contributed by atoms with Crippen molar-refractivity contribution in [1.29, 1.82) is 0 Å². The van der Waals surface area contributed by atoms with Crippen molar-refractivity contribution in [3.8, 4) is 34.2 Å². The summed E-state index contributed by atoms with van der Waals surface area (Å²) in [6, 6.07) is 21.7. The van der Waals surface area contributed by atoms with E-state index in [1.54, 1.807) is 69.3 Å². The summed E-state index contributed by atoms with van der Waals surface area (Å²) in [7, 11) is 0. The quantitative estimate of drug-likeness (QED) is 0.143. The minimum absolute atomic E-state index is 0.0141. The Balaban J connectivity index is 1.23. The van der Waals surface area contributed by atoms with Crippen LogP contribution >= 0.6 is 15.9 Å². The zero-order valence-corrected chi connectivity index (χ0v) is 27.0. The summed E-state index contributed by atoms with van der Waals surface area (Å²) < 4.78 is 17.0. The van der Waals surface area contributed by atoms with Crippen molar-refractivity contribution in [2.75, 3.05) is 5.32 Å². The first kappa shape index (κ1) is 32.2. The van der Waals surface area contributed by atoms with Gasteiger partial charge in [-0.2, -0.15) is 4.98 Å². The molecule has 0 saturated heterocycles.